The van der Waals surface area contributed by atoms with Gasteiger partial charge in [-0.1, -0.05) is 12.8 Å². The van der Waals surface area contributed by atoms with Crippen LogP contribution >= 0.6 is 0 Å². The molecule has 0 atom stereocenters. The lowest BCUT2D eigenvalue weighted by atomic mass is 10.1. The maximum atomic E-state index is 12.2. The first-order valence-corrected chi connectivity index (χ1v) is 7.15. The minimum absolute atomic E-state index is 0.0333. The van der Waals surface area contributed by atoms with Gasteiger partial charge in [0.2, 0.25) is 0 Å². The highest BCUT2D eigenvalue weighted by molar-refractivity contribution is 6.00. The second-order valence-electron chi connectivity index (χ2n) is 5.04. The van der Waals surface area contributed by atoms with Crippen molar-refractivity contribution in [3.63, 3.8) is 0 Å². The SMILES string of the molecule is CCNC(=O)c1cc(N)ccc1N1CCCCCC1. The first-order valence-electron chi connectivity index (χ1n) is 7.15. The second kappa shape index (κ2) is 6.45. The lowest BCUT2D eigenvalue weighted by Gasteiger charge is -2.25. The van der Waals surface area contributed by atoms with Crippen LogP contribution in [-0.2, 0) is 0 Å². The second-order valence-corrected chi connectivity index (χ2v) is 5.04. The van der Waals surface area contributed by atoms with Crippen LogP contribution < -0.4 is 16.0 Å². The Morgan fingerprint density at radius 1 is 1.26 bits per heavy atom. The van der Waals surface area contributed by atoms with Gasteiger partial charge < -0.3 is 16.0 Å². The molecule has 1 aliphatic rings. The van der Waals surface area contributed by atoms with E-state index < -0.39 is 0 Å². The number of hydrogen-bond donors (Lipinski definition) is 2. The number of nitrogens with two attached hydrogens (primary N) is 1. The van der Waals surface area contributed by atoms with Crippen LogP contribution in [0, 0.1) is 0 Å². The van der Waals surface area contributed by atoms with Crippen molar-refractivity contribution in [1.29, 1.82) is 0 Å². The van der Waals surface area contributed by atoms with E-state index in [0.717, 1.165) is 18.8 Å². The average molecular weight is 261 g/mol. The fourth-order valence-corrected chi connectivity index (χ4v) is 2.58. The number of nitrogen functional groups attached to an aromatic ring is 1. The minimum atomic E-state index is -0.0333. The number of nitrogens with one attached hydrogen (secondary N) is 1. The lowest BCUT2D eigenvalue weighted by molar-refractivity contribution is 0.0956. The van der Waals surface area contributed by atoms with E-state index in [9.17, 15) is 4.79 Å². The molecule has 1 saturated heterocycles. The quantitative estimate of drug-likeness (QED) is 0.821. The Morgan fingerprint density at radius 3 is 2.58 bits per heavy atom. The highest BCUT2D eigenvalue weighted by Gasteiger charge is 2.17. The van der Waals surface area contributed by atoms with Gasteiger partial charge in [0.05, 0.1) is 5.56 Å². The summed E-state index contributed by atoms with van der Waals surface area (Å²) >= 11 is 0. The first kappa shape index (κ1) is 13.7. The van der Waals surface area contributed by atoms with Gasteiger partial charge in [0.1, 0.15) is 0 Å². The molecule has 1 aromatic rings. The van der Waals surface area contributed by atoms with E-state index in [4.69, 9.17) is 5.73 Å². The van der Waals surface area contributed by atoms with Crippen LogP contribution in [0.3, 0.4) is 0 Å². The number of hydrogen-bond acceptors (Lipinski definition) is 3. The van der Waals surface area contributed by atoms with E-state index in [1.807, 2.05) is 19.1 Å². The third-order valence-corrected chi connectivity index (χ3v) is 3.55. The molecule has 0 radical (unpaired) electrons. The van der Waals surface area contributed by atoms with Crippen molar-refractivity contribution in [2.45, 2.75) is 32.6 Å². The van der Waals surface area contributed by atoms with E-state index in [0.29, 0.717) is 17.8 Å². The van der Waals surface area contributed by atoms with Crippen LogP contribution in [0.1, 0.15) is 43.0 Å². The van der Waals surface area contributed by atoms with E-state index in [1.165, 1.54) is 25.7 Å². The Balaban J connectivity index is 2.29. The predicted molar refractivity (Wildman–Crippen MR) is 79.5 cm³/mol. The zero-order valence-corrected chi connectivity index (χ0v) is 11.6. The third kappa shape index (κ3) is 3.40. The largest absolute Gasteiger partial charge is 0.399 e. The van der Waals surface area contributed by atoms with Crippen molar-refractivity contribution >= 4 is 17.3 Å². The molecule has 2 rings (SSSR count). The molecule has 0 aromatic heterocycles. The maximum Gasteiger partial charge on any atom is 0.253 e. The van der Waals surface area contributed by atoms with Crippen LogP contribution in [0.5, 0.6) is 0 Å². The summed E-state index contributed by atoms with van der Waals surface area (Å²) in [4.78, 5) is 14.5. The van der Waals surface area contributed by atoms with Crippen molar-refractivity contribution in [3.8, 4) is 0 Å². The van der Waals surface area contributed by atoms with Crippen molar-refractivity contribution in [2.75, 3.05) is 30.3 Å². The molecule has 104 valence electrons. The topological polar surface area (TPSA) is 58.4 Å². The van der Waals surface area contributed by atoms with Crippen LogP contribution in [0.15, 0.2) is 18.2 Å². The van der Waals surface area contributed by atoms with Crippen LogP contribution in [-0.4, -0.2) is 25.5 Å². The van der Waals surface area contributed by atoms with Crippen molar-refractivity contribution in [1.82, 2.24) is 5.32 Å². The standard InChI is InChI=1S/C15H23N3O/c1-2-17-15(19)13-11-12(16)7-8-14(13)18-9-5-3-4-6-10-18/h7-8,11H,2-6,9-10,16H2,1H3,(H,17,19). The Bertz CT molecular complexity index is 437. The molecule has 4 nitrogen and oxygen atoms in total. The van der Waals surface area contributed by atoms with Gasteiger partial charge in [0.25, 0.3) is 5.91 Å². The van der Waals surface area contributed by atoms with E-state index >= 15 is 0 Å². The van der Waals surface area contributed by atoms with E-state index in [2.05, 4.69) is 10.2 Å². The third-order valence-electron chi connectivity index (χ3n) is 3.55. The van der Waals surface area contributed by atoms with Gasteiger partial charge in [0.15, 0.2) is 0 Å². The maximum absolute atomic E-state index is 12.2. The zero-order valence-electron chi connectivity index (χ0n) is 11.6. The predicted octanol–water partition coefficient (Wildman–Crippen LogP) is 2.40. The molecule has 0 saturated carbocycles. The van der Waals surface area contributed by atoms with Crippen LogP contribution in [0.2, 0.25) is 0 Å². The lowest BCUT2D eigenvalue weighted by Crippen LogP contribution is -2.29. The molecule has 1 aliphatic heterocycles. The summed E-state index contributed by atoms with van der Waals surface area (Å²) in [5, 5.41) is 2.86. The molecule has 4 heteroatoms. The Hall–Kier alpha value is -1.71. The first-order chi connectivity index (χ1) is 9.22. The molecule has 1 aromatic carbocycles. The molecular weight excluding hydrogens is 238 g/mol. The number of carbonyl (C=O) groups excluding carboxylic acids is 1. The number of anilines is 2. The molecule has 0 bridgehead atoms. The summed E-state index contributed by atoms with van der Waals surface area (Å²) in [5.41, 5.74) is 8.18. The van der Waals surface area contributed by atoms with E-state index in [1.54, 1.807) is 6.07 Å². The summed E-state index contributed by atoms with van der Waals surface area (Å²) in [7, 11) is 0. The molecule has 3 N–H and O–H groups in total. The van der Waals surface area contributed by atoms with Crippen molar-refractivity contribution < 1.29 is 4.79 Å². The normalized spacial score (nSPS) is 15.9. The minimum Gasteiger partial charge on any atom is -0.399 e. The van der Waals surface area contributed by atoms with Gasteiger partial charge in [-0.3, -0.25) is 4.79 Å². The fourth-order valence-electron chi connectivity index (χ4n) is 2.58. The van der Waals surface area contributed by atoms with Crippen molar-refractivity contribution in [2.24, 2.45) is 0 Å². The van der Waals surface area contributed by atoms with Crippen LogP contribution in [0.4, 0.5) is 11.4 Å². The summed E-state index contributed by atoms with van der Waals surface area (Å²) in [5.74, 6) is -0.0333. The Labute approximate surface area is 115 Å². The monoisotopic (exact) mass is 261 g/mol. The number of amides is 1. The molecule has 1 heterocycles. The molecule has 19 heavy (non-hydrogen) atoms. The van der Waals surface area contributed by atoms with Gasteiger partial charge in [-0.15, -0.1) is 0 Å². The summed E-state index contributed by atoms with van der Waals surface area (Å²) in [6.45, 7) is 4.61. The molecule has 1 amide bonds. The highest BCUT2D eigenvalue weighted by Crippen LogP contribution is 2.25. The molecule has 1 fully saturated rings. The molecule has 0 aliphatic carbocycles. The van der Waals surface area contributed by atoms with Gasteiger partial charge in [-0.05, 0) is 38.0 Å². The average Bonchev–Trinajstić information content (AvgIpc) is 2.68. The number of carbonyl (C=O) groups is 1. The van der Waals surface area contributed by atoms with E-state index in [-0.39, 0.29) is 5.91 Å². The smallest absolute Gasteiger partial charge is 0.253 e. The molecular formula is C15H23N3O. The fraction of sp³-hybridized carbons (Fsp3) is 0.533. The van der Waals surface area contributed by atoms with Crippen LogP contribution in [0.25, 0.3) is 0 Å². The highest BCUT2D eigenvalue weighted by atomic mass is 16.1. The summed E-state index contributed by atoms with van der Waals surface area (Å²) in [6.07, 6.45) is 4.95. The van der Waals surface area contributed by atoms with Gasteiger partial charge in [0, 0.05) is 31.0 Å². The van der Waals surface area contributed by atoms with Crippen molar-refractivity contribution in [3.05, 3.63) is 23.8 Å². The number of nitrogens with zero attached hydrogens (tertiary/aromatic N) is 1. The molecule has 0 spiro atoms. The number of benzene rings is 1. The van der Waals surface area contributed by atoms with Gasteiger partial charge in [-0.2, -0.15) is 0 Å². The van der Waals surface area contributed by atoms with Gasteiger partial charge in [-0.25, -0.2) is 0 Å². The summed E-state index contributed by atoms with van der Waals surface area (Å²) in [6, 6.07) is 5.64. The zero-order chi connectivity index (χ0) is 13.7. The Morgan fingerprint density at radius 2 is 1.95 bits per heavy atom. The van der Waals surface area contributed by atoms with Gasteiger partial charge >= 0.3 is 0 Å². The summed E-state index contributed by atoms with van der Waals surface area (Å²) < 4.78 is 0. The molecule has 0 unspecified atom stereocenters. The number of rotatable bonds is 3. The Kier molecular flexibility index (Phi) is 4.66.